The van der Waals surface area contributed by atoms with Gasteiger partial charge >= 0.3 is 0 Å². The highest BCUT2D eigenvalue weighted by Crippen LogP contribution is 2.17. The van der Waals surface area contributed by atoms with Crippen molar-refractivity contribution in [2.24, 2.45) is 0 Å². The number of pyridine rings is 1. The molecule has 0 N–H and O–H groups in total. The van der Waals surface area contributed by atoms with E-state index >= 15 is 0 Å². The first kappa shape index (κ1) is 13.2. The second-order valence-electron chi connectivity index (χ2n) is 4.37. The quantitative estimate of drug-likeness (QED) is 0.594. The lowest BCUT2D eigenvalue weighted by atomic mass is 10.3. The van der Waals surface area contributed by atoms with E-state index in [1.807, 2.05) is 0 Å². The summed E-state index contributed by atoms with van der Waals surface area (Å²) in [5.74, 6) is 0.769. The highest BCUT2D eigenvalue weighted by molar-refractivity contribution is 5.43. The van der Waals surface area contributed by atoms with Gasteiger partial charge in [0.05, 0.1) is 11.0 Å². The van der Waals surface area contributed by atoms with E-state index in [2.05, 4.69) is 20.9 Å². The third-order valence-corrected chi connectivity index (χ3v) is 3.18. The molecule has 2 rings (SSSR count). The second kappa shape index (κ2) is 6.11. The zero-order chi connectivity index (χ0) is 13.7. The molecule has 0 bridgehead atoms. The average Bonchev–Trinajstić information content (AvgIpc) is 2.46. The number of nitrogens with zero attached hydrogens (tertiary/aromatic N) is 5. The molecule has 7 nitrogen and oxygen atoms in total. The van der Waals surface area contributed by atoms with Crippen molar-refractivity contribution >= 4 is 11.5 Å². The minimum Gasteiger partial charge on any atom is -0.354 e. The SMILES string of the molecule is N#CCCN1CCN(c2ccc([N+](=O)[O-])cn2)CC1. The van der Waals surface area contributed by atoms with Gasteiger partial charge in [-0.2, -0.15) is 5.26 Å². The topological polar surface area (TPSA) is 86.3 Å². The van der Waals surface area contributed by atoms with Crippen molar-refractivity contribution in [1.82, 2.24) is 9.88 Å². The Kier molecular flexibility index (Phi) is 4.26. The predicted octanol–water partition coefficient (Wildman–Crippen LogP) is 1.03. The van der Waals surface area contributed by atoms with Gasteiger partial charge in [0, 0.05) is 45.2 Å². The fourth-order valence-electron chi connectivity index (χ4n) is 2.08. The summed E-state index contributed by atoms with van der Waals surface area (Å²) in [6.07, 6.45) is 1.84. The smallest absolute Gasteiger partial charge is 0.287 e. The summed E-state index contributed by atoms with van der Waals surface area (Å²) >= 11 is 0. The molecule has 1 saturated heterocycles. The number of rotatable bonds is 4. The van der Waals surface area contributed by atoms with Crippen LogP contribution in [0.1, 0.15) is 6.42 Å². The molecule has 0 atom stereocenters. The van der Waals surface area contributed by atoms with E-state index in [-0.39, 0.29) is 5.69 Å². The van der Waals surface area contributed by atoms with E-state index in [9.17, 15) is 10.1 Å². The number of nitriles is 1. The molecule has 19 heavy (non-hydrogen) atoms. The van der Waals surface area contributed by atoms with E-state index in [1.54, 1.807) is 6.07 Å². The summed E-state index contributed by atoms with van der Waals surface area (Å²) in [4.78, 5) is 18.6. The highest BCUT2D eigenvalue weighted by atomic mass is 16.6. The molecule has 0 saturated carbocycles. The number of aromatic nitrogens is 1. The van der Waals surface area contributed by atoms with E-state index in [0.29, 0.717) is 6.42 Å². The molecule has 1 aliphatic heterocycles. The van der Waals surface area contributed by atoms with Gasteiger partial charge in [-0.05, 0) is 6.07 Å². The Morgan fingerprint density at radius 1 is 1.37 bits per heavy atom. The van der Waals surface area contributed by atoms with Crippen molar-refractivity contribution in [2.75, 3.05) is 37.6 Å². The molecule has 100 valence electrons. The van der Waals surface area contributed by atoms with Gasteiger partial charge in [-0.25, -0.2) is 4.98 Å². The number of hydrogen-bond acceptors (Lipinski definition) is 6. The van der Waals surface area contributed by atoms with Crippen LogP contribution in [0, 0.1) is 21.4 Å². The Morgan fingerprint density at radius 3 is 2.63 bits per heavy atom. The molecule has 1 aromatic heterocycles. The van der Waals surface area contributed by atoms with Gasteiger partial charge in [-0.3, -0.25) is 15.0 Å². The van der Waals surface area contributed by atoms with Crippen molar-refractivity contribution in [3.05, 3.63) is 28.4 Å². The maximum atomic E-state index is 10.6. The Hall–Kier alpha value is -2.20. The highest BCUT2D eigenvalue weighted by Gasteiger charge is 2.18. The number of anilines is 1. The molecule has 0 radical (unpaired) electrons. The van der Waals surface area contributed by atoms with Crippen LogP contribution >= 0.6 is 0 Å². The van der Waals surface area contributed by atoms with Crippen LogP contribution in [0.25, 0.3) is 0 Å². The van der Waals surface area contributed by atoms with Crippen molar-refractivity contribution < 1.29 is 4.92 Å². The number of nitro groups is 1. The first-order valence-electron chi connectivity index (χ1n) is 6.15. The van der Waals surface area contributed by atoms with E-state index in [4.69, 9.17) is 5.26 Å². The maximum Gasteiger partial charge on any atom is 0.287 e. The standard InChI is InChI=1S/C12H15N5O2/c13-4-1-5-15-6-8-16(9-7-15)12-3-2-11(10-14-12)17(18)19/h2-3,10H,1,5-9H2. The van der Waals surface area contributed by atoms with Crippen molar-refractivity contribution in [1.29, 1.82) is 5.26 Å². The van der Waals surface area contributed by atoms with Crippen molar-refractivity contribution in [3.63, 3.8) is 0 Å². The van der Waals surface area contributed by atoms with Crippen LogP contribution < -0.4 is 4.90 Å². The molecule has 0 spiro atoms. The molecule has 1 fully saturated rings. The van der Waals surface area contributed by atoms with Crippen LogP contribution in [0.2, 0.25) is 0 Å². The van der Waals surface area contributed by atoms with E-state index in [0.717, 1.165) is 38.5 Å². The first-order chi connectivity index (χ1) is 9.20. The second-order valence-corrected chi connectivity index (χ2v) is 4.37. The summed E-state index contributed by atoms with van der Waals surface area (Å²) in [6.45, 7) is 4.24. The molecular weight excluding hydrogens is 246 g/mol. The lowest BCUT2D eigenvalue weighted by Gasteiger charge is -2.34. The molecule has 2 heterocycles. The van der Waals surface area contributed by atoms with Gasteiger partial charge in [0.1, 0.15) is 12.0 Å². The third-order valence-electron chi connectivity index (χ3n) is 3.18. The van der Waals surface area contributed by atoms with Gasteiger partial charge in [0.2, 0.25) is 0 Å². The Bertz CT molecular complexity index is 474. The fourth-order valence-corrected chi connectivity index (χ4v) is 2.08. The molecule has 0 amide bonds. The van der Waals surface area contributed by atoms with Crippen molar-refractivity contribution in [2.45, 2.75) is 6.42 Å². The summed E-state index contributed by atoms with van der Waals surface area (Å²) in [5, 5.41) is 19.1. The van der Waals surface area contributed by atoms with Gasteiger partial charge in [-0.15, -0.1) is 0 Å². The monoisotopic (exact) mass is 261 g/mol. The van der Waals surface area contributed by atoms with Crippen LogP contribution in [-0.4, -0.2) is 47.5 Å². The maximum absolute atomic E-state index is 10.6. The summed E-state index contributed by atoms with van der Waals surface area (Å²) in [7, 11) is 0. The molecule has 0 aliphatic carbocycles. The molecule has 7 heteroatoms. The zero-order valence-corrected chi connectivity index (χ0v) is 10.5. The van der Waals surface area contributed by atoms with E-state index < -0.39 is 4.92 Å². The molecule has 1 aliphatic rings. The van der Waals surface area contributed by atoms with Gasteiger partial charge in [-0.1, -0.05) is 0 Å². The van der Waals surface area contributed by atoms with E-state index in [1.165, 1.54) is 12.3 Å². The summed E-state index contributed by atoms with van der Waals surface area (Å²) in [5.41, 5.74) is 0.0106. The van der Waals surface area contributed by atoms with Crippen LogP contribution in [0.4, 0.5) is 11.5 Å². The predicted molar refractivity (Wildman–Crippen MR) is 69.8 cm³/mol. The largest absolute Gasteiger partial charge is 0.354 e. The molecule has 1 aromatic rings. The Labute approximate surface area is 111 Å². The summed E-state index contributed by atoms with van der Waals surface area (Å²) < 4.78 is 0. The molecular formula is C12H15N5O2. The third kappa shape index (κ3) is 3.39. The average molecular weight is 261 g/mol. The van der Waals surface area contributed by atoms with Crippen LogP contribution in [0.15, 0.2) is 18.3 Å². The lowest BCUT2D eigenvalue weighted by Crippen LogP contribution is -2.46. The minimum atomic E-state index is -0.448. The van der Waals surface area contributed by atoms with Gasteiger partial charge in [0.25, 0.3) is 5.69 Å². The zero-order valence-electron chi connectivity index (χ0n) is 10.5. The summed E-state index contributed by atoms with van der Waals surface area (Å²) in [6, 6.07) is 5.30. The number of piperazine rings is 1. The van der Waals surface area contributed by atoms with Crippen LogP contribution in [0.3, 0.4) is 0 Å². The number of hydrogen-bond donors (Lipinski definition) is 0. The Balaban J connectivity index is 1.90. The lowest BCUT2D eigenvalue weighted by molar-refractivity contribution is -0.385. The Morgan fingerprint density at radius 2 is 2.11 bits per heavy atom. The first-order valence-corrected chi connectivity index (χ1v) is 6.15. The van der Waals surface area contributed by atoms with Crippen LogP contribution in [0.5, 0.6) is 0 Å². The molecule has 0 unspecified atom stereocenters. The minimum absolute atomic E-state index is 0.0106. The molecule has 0 aromatic carbocycles. The normalized spacial score (nSPS) is 16.1. The fraction of sp³-hybridized carbons (Fsp3) is 0.500. The van der Waals surface area contributed by atoms with Crippen LogP contribution in [-0.2, 0) is 0 Å². The van der Waals surface area contributed by atoms with Gasteiger partial charge < -0.3 is 4.90 Å². The van der Waals surface area contributed by atoms with Gasteiger partial charge in [0.15, 0.2) is 0 Å². The van der Waals surface area contributed by atoms with Crippen molar-refractivity contribution in [3.8, 4) is 6.07 Å².